The predicted octanol–water partition coefficient (Wildman–Crippen LogP) is 4.26. The Morgan fingerprint density at radius 3 is 2.72 bits per heavy atom. The fraction of sp³-hybridized carbons (Fsp3) is 0.0526. The van der Waals surface area contributed by atoms with Crippen LogP contribution in [0, 0.1) is 0 Å². The highest BCUT2D eigenvalue weighted by atomic mass is 35.5. The molecule has 0 aromatic heterocycles. The Bertz CT molecular complexity index is 889. The van der Waals surface area contributed by atoms with Gasteiger partial charge in [-0.15, -0.1) is 0 Å². The van der Waals surface area contributed by atoms with E-state index in [9.17, 15) is 4.79 Å². The number of amidine groups is 1. The van der Waals surface area contributed by atoms with E-state index in [2.05, 4.69) is 17.1 Å². The Kier molecular flexibility index (Phi) is 4.86. The van der Waals surface area contributed by atoms with E-state index in [1.165, 1.54) is 6.26 Å². The number of hydroxylamine groups is 1. The van der Waals surface area contributed by atoms with Gasteiger partial charge in [0.15, 0.2) is 17.9 Å². The van der Waals surface area contributed by atoms with Gasteiger partial charge >= 0.3 is 0 Å². The van der Waals surface area contributed by atoms with Crippen LogP contribution < -0.4 is 10.2 Å². The second-order valence-electron chi connectivity index (χ2n) is 5.36. The van der Waals surface area contributed by atoms with Crippen LogP contribution in [0.4, 0.5) is 0 Å². The molecule has 0 bridgehead atoms. The number of hydrogen-bond acceptors (Lipinski definition) is 5. The van der Waals surface area contributed by atoms with Crippen LogP contribution in [-0.2, 0) is 4.84 Å². The summed E-state index contributed by atoms with van der Waals surface area (Å²) in [6.45, 7) is 5.27. The van der Waals surface area contributed by atoms with Crippen molar-refractivity contribution in [3.05, 3.63) is 89.0 Å². The molecule has 1 N–H and O–H groups in total. The van der Waals surface area contributed by atoms with Crippen LogP contribution in [0.5, 0.6) is 5.75 Å². The first-order chi connectivity index (χ1) is 12.0. The predicted molar refractivity (Wildman–Crippen MR) is 96.5 cm³/mol. The number of carbonyl (C=O) groups excluding carboxylic acids is 1. The molecule has 0 spiro atoms. The molecule has 25 heavy (non-hydrogen) atoms. The van der Waals surface area contributed by atoms with Gasteiger partial charge in [-0.3, -0.25) is 4.79 Å². The molecule has 0 saturated heterocycles. The lowest BCUT2D eigenvalue weighted by Gasteiger charge is -2.06. The van der Waals surface area contributed by atoms with Crippen molar-refractivity contribution < 1.29 is 14.4 Å². The SMILES string of the molecule is C=C(C)C(=O)c1ccc(OC=C2N=C(c3ccccc3)NO2)cc1Cl. The Morgan fingerprint density at radius 2 is 2.04 bits per heavy atom. The van der Waals surface area contributed by atoms with Crippen molar-refractivity contribution in [2.45, 2.75) is 6.92 Å². The molecule has 1 heterocycles. The molecule has 0 fully saturated rings. The molecule has 0 radical (unpaired) electrons. The maximum absolute atomic E-state index is 11.9. The molecular formula is C19H15ClN2O3. The first-order valence-corrected chi connectivity index (χ1v) is 7.86. The van der Waals surface area contributed by atoms with E-state index < -0.39 is 0 Å². The minimum Gasteiger partial charge on any atom is -0.459 e. The highest BCUT2D eigenvalue weighted by Gasteiger charge is 2.15. The number of Topliss-reactive ketones (excluding diaryl/α,β-unsaturated/α-hetero) is 1. The third kappa shape index (κ3) is 3.89. The molecule has 0 atom stereocenters. The first kappa shape index (κ1) is 16.8. The number of halogens is 1. The Hall–Kier alpha value is -3.05. The number of nitrogens with one attached hydrogen (secondary N) is 1. The number of carbonyl (C=O) groups is 1. The Balaban J connectivity index is 1.72. The number of rotatable bonds is 5. The minimum atomic E-state index is -0.199. The smallest absolute Gasteiger partial charge is 0.283 e. The molecule has 126 valence electrons. The van der Waals surface area contributed by atoms with Crippen LogP contribution in [0.1, 0.15) is 22.8 Å². The topological polar surface area (TPSA) is 59.9 Å². The number of aliphatic imine (C=N–C) groups is 1. The average Bonchev–Trinajstić information content (AvgIpc) is 3.09. The number of allylic oxidation sites excluding steroid dienone is 1. The van der Waals surface area contributed by atoms with Gasteiger partial charge in [0.05, 0.1) is 5.02 Å². The van der Waals surface area contributed by atoms with Gasteiger partial charge in [-0.2, -0.15) is 4.99 Å². The van der Waals surface area contributed by atoms with Crippen LogP contribution in [0.15, 0.2) is 77.8 Å². The summed E-state index contributed by atoms with van der Waals surface area (Å²) in [5, 5.41) is 0.294. The minimum absolute atomic E-state index is 0.199. The molecule has 1 aliphatic rings. The summed E-state index contributed by atoms with van der Waals surface area (Å²) in [6.07, 6.45) is 1.36. The van der Waals surface area contributed by atoms with E-state index >= 15 is 0 Å². The molecule has 0 amide bonds. The fourth-order valence-electron chi connectivity index (χ4n) is 2.13. The molecule has 2 aromatic rings. The zero-order valence-corrected chi connectivity index (χ0v) is 14.2. The zero-order chi connectivity index (χ0) is 17.8. The second-order valence-corrected chi connectivity index (χ2v) is 5.76. The van der Waals surface area contributed by atoms with Crippen molar-refractivity contribution in [1.29, 1.82) is 0 Å². The zero-order valence-electron chi connectivity index (χ0n) is 13.5. The highest BCUT2D eigenvalue weighted by molar-refractivity contribution is 6.35. The van der Waals surface area contributed by atoms with Gasteiger partial charge in [0.1, 0.15) is 5.75 Å². The molecule has 5 nitrogen and oxygen atoms in total. The van der Waals surface area contributed by atoms with Gasteiger partial charge in [-0.25, -0.2) is 5.48 Å². The third-order valence-electron chi connectivity index (χ3n) is 3.39. The molecule has 0 unspecified atom stereocenters. The summed E-state index contributed by atoms with van der Waals surface area (Å²) in [7, 11) is 0. The van der Waals surface area contributed by atoms with Crippen LogP contribution in [0.3, 0.4) is 0 Å². The second kappa shape index (κ2) is 7.23. The molecule has 6 heteroatoms. The largest absolute Gasteiger partial charge is 0.459 e. The van der Waals surface area contributed by atoms with Crippen molar-refractivity contribution in [1.82, 2.24) is 5.48 Å². The maximum Gasteiger partial charge on any atom is 0.283 e. The monoisotopic (exact) mass is 354 g/mol. The lowest BCUT2D eigenvalue weighted by atomic mass is 10.1. The number of hydrogen-bond donors (Lipinski definition) is 1. The maximum atomic E-state index is 11.9. The molecule has 3 rings (SSSR count). The summed E-state index contributed by atoms with van der Waals surface area (Å²) in [4.78, 5) is 21.5. The quantitative estimate of drug-likeness (QED) is 0.495. The Morgan fingerprint density at radius 1 is 1.28 bits per heavy atom. The van der Waals surface area contributed by atoms with E-state index in [1.54, 1.807) is 25.1 Å². The molecule has 0 aliphatic carbocycles. The fourth-order valence-corrected chi connectivity index (χ4v) is 2.38. The van der Waals surface area contributed by atoms with Crippen LogP contribution in [0.25, 0.3) is 0 Å². The van der Waals surface area contributed by atoms with Crippen molar-refractivity contribution in [3.63, 3.8) is 0 Å². The van der Waals surface area contributed by atoms with Gasteiger partial charge in [0.2, 0.25) is 0 Å². The highest BCUT2D eigenvalue weighted by Crippen LogP contribution is 2.25. The standard InChI is InChI=1S/C19H15ClN2O3/c1-12(2)18(23)15-9-8-14(10-16(15)20)24-11-17-21-19(22-25-17)13-6-4-3-5-7-13/h3-11H,1H2,2H3,(H,21,22). The van der Waals surface area contributed by atoms with E-state index in [1.807, 2.05) is 30.3 Å². The van der Waals surface area contributed by atoms with Crippen molar-refractivity contribution in [2.75, 3.05) is 0 Å². The van der Waals surface area contributed by atoms with Gasteiger partial charge in [-0.05, 0) is 24.6 Å². The summed E-state index contributed by atoms with van der Waals surface area (Å²) >= 11 is 6.13. The molecule has 1 aliphatic heterocycles. The number of benzene rings is 2. The Labute approximate surface area is 150 Å². The number of ether oxygens (including phenoxy) is 1. The van der Waals surface area contributed by atoms with E-state index in [0.717, 1.165) is 5.56 Å². The van der Waals surface area contributed by atoms with Crippen LogP contribution in [0.2, 0.25) is 5.02 Å². The van der Waals surface area contributed by atoms with E-state index in [-0.39, 0.29) is 11.7 Å². The summed E-state index contributed by atoms with van der Waals surface area (Å²) in [5.41, 5.74) is 4.44. The van der Waals surface area contributed by atoms with Gasteiger partial charge in [-0.1, -0.05) is 48.5 Å². The van der Waals surface area contributed by atoms with E-state index in [0.29, 0.717) is 27.7 Å². The number of ketones is 1. The molecular weight excluding hydrogens is 340 g/mol. The lowest BCUT2D eigenvalue weighted by Crippen LogP contribution is -2.17. The lowest BCUT2D eigenvalue weighted by molar-refractivity contribution is 0.103. The number of nitrogens with zero attached hydrogens (tertiary/aromatic N) is 1. The van der Waals surface area contributed by atoms with Gasteiger partial charge in [0.25, 0.3) is 5.88 Å². The third-order valence-corrected chi connectivity index (χ3v) is 3.70. The first-order valence-electron chi connectivity index (χ1n) is 7.48. The summed E-state index contributed by atoms with van der Waals surface area (Å²) in [5.74, 6) is 1.13. The van der Waals surface area contributed by atoms with Crippen molar-refractivity contribution >= 4 is 23.2 Å². The normalized spacial score (nSPS) is 14.5. The summed E-state index contributed by atoms with van der Waals surface area (Å²) in [6, 6.07) is 14.4. The van der Waals surface area contributed by atoms with Crippen molar-refractivity contribution in [2.24, 2.45) is 4.99 Å². The van der Waals surface area contributed by atoms with Crippen molar-refractivity contribution in [3.8, 4) is 5.75 Å². The summed E-state index contributed by atoms with van der Waals surface area (Å²) < 4.78 is 5.50. The van der Waals surface area contributed by atoms with Gasteiger partial charge < -0.3 is 9.57 Å². The van der Waals surface area contributed by atoms with Crippen LogP contribution in [-0.4, -0.2) is 11.6 Å². The average molecular weight is 355 g/mol. The molecule has 0 saturated carbocycles. The van der Waals surface area contributed by atoms with Gasteiger partial charge in [0, 0.05) is 17.2 Å². The van der Waals surface area contributed by atoms with Crippen LogP contribution >= 0.6 is 11.6 Å². The molecule has 2 aromatic carbocycles. The van der Waals surface area contributed by atoms with E-state index in [4.69, 9.17) is 21.2 Å².